The maximum atomic E-state index is 12.6. The number of piperidine rings is 1. The molecule has 0 radical (unpaired) electrons. The highest BCUT2D eigenvalue weighted by molar-refractivity contribution is 5.97. The molecule has 1 aliphatic carbocycles. The molecular formula is C19H29ClN2O3. The number of halogens is 1. The minimum Gasteiger partial charge on any atom is -0.374 e. The van der Waals surface area contributed by atoms with Gasteiger partial charge in [0.15, 0.2) is 0 Å². The number of hydrogen-bond acceptors (Lipinski definition) is 4. The van der Waals surface area contributed by atoms with Gasteiger partial charge in [-0.1, -0.05) is 25.0 Å². The topological polar surface area (TPSA) is 59.6 Å². The average Bonchev–Trinajstić information content (AvgIpc) is 3.15. The van der Waals surface area contributed by atoms with Crippen molar-refractivity contribution in [3.05, 3.63) is 29.8 Å². The SMILES string of the molecule is COC1(C(=O)Nc2ccc(COC3CCCC3)cc2)CCNCC1.Cl. The van der Waals surface area contributed by atoms with E-state index in [1.807, 2.05) is 24.3 Å². The molecule has 0 aromatic heterocycles. The van der Waals surface area contributed by atoms with Crippen LogP contribution in [0.15, 0.2) is 24.3 Å². The molecule has 2 N–H and O–H groups in total. The van der Waals surface area contributed by atoms with E-state index in [4.69, 9.17) is 9.47 Å². The van der Waals surface area contributed by atoms with Crippen LogP contribution in [0.2, 0.25) is 0 Å². The van der Waals surface area contributed by atoms with Crippen molar-refractivity contribution in [3.8, 4) is 0 Å². The van der Waals surface area contributed by atoms with E-state index in [1.165, 1.54) is 25.7 Å². The van der Waals surface area contributed by atoms with Gasteiger partial charge in [-0.25, -0.2) is 0 Å². The van der Waals surface area contributed by atoms with E-state index in [9.17, 15) is 4.79 Å². The second-order valence-electron chi connectivity index (χ2n) is 6.82. The molecule has 25 heavy (non-hydrogen) atoms. The molecule has 0 unspecified atom stereocenters. The number of benzene rings is 1. The van der Waals surface area contributed by atoms with Gasteiger partial charge >= 0.3 is 0 Å². The first-order valence-corrected chi connectivity index (χ1v) is 9.00. The fraction of sp³-hybridized carbons (Fsp3) is 0.632. The lowest BCUT2D eigenvalue weighted by Crippen LogP contribution is -2.51. The maximum Gasteiger partial charge on any atom is 0.256 e. The third-order valence-corrected chi connectivity index (χ3v) is 5.22. The van der Waals surface area contributed by atoms with Crippen LogP contribution in [-0.4, -0.2) is 37.8 Å². The summed E-state index contributed by atoms with van der Waals surface area (Å²) in [5.41, 5.74) is 1.23. The summed E-state index contributed by atoms with van der Waals surface area (Å²) in [5, 5.41) is 6.26. The monoisotopic (exact) mass is 368 g/mol. The van der Waals surface area contributed by atoms with Crippen molar-refractivity contribution < 1.29 is 14.3 Å². The Labute approximate surface area is 156 Å². The standard InChI is InChI=1S/C19H28N2O3.ClH/c1-23-19(10-12-20-13-11-19)18(22)21-16-8-6-15(7-9-16)14-24-17-4-2-3-5-17;/h6-9,17,20H,2-5,10-14H2,1H3,(H,21,22);1H. The third-order valence-electron chi connectivity index (χ3n) is 5.22. The van der Waals surface area contributed by atoms with Crippen molar-refractivity contribution >= 4 is 24.0 Å². The van der Waals surface area contributed by atoms with Gasteiger partial charge in [-0.3, -0.25) is 4.79 Å². The van der Waals surface area contributed by atoms with Crippen LogP contribution in [0.3, 0.4) is 0 Å². The van der Waals surface area contributed by atoms with Crippen LogP contribution in [0, 0.1) is 0 Å². The number of methoxy groups -OCH3 is 1. The van der Waals surface area contributed by atoms with Gasteiger partial charge in [-0.15, -0.1) is 12.4 Å². The van der Waals surface area contributed by atoms with E-state index in [2.05, 4.69) is 10.6 Å². The van der Waals surface area contributed by atoms with Gasteiger partial charge in [0.2, 0.25) is 0 Å². The smallest absolute Gasteiger partial charge is 0.256 e. The first-order chi connectivity index (χ1) is 11.7. The van der Waals surface area contributed by atoms with Crippen molar-refractivity contribution in [2.75, 3.05) is 25.5 Å². The van der Waals surface area contributed by atoms with E-state index < -0.39 is 5.60 Å². The van der Waals surface area contributed by atoms with Crippen molar-refractivity contribution in [2.24, 2.45) is 0 Å². The molecule has 5 nitrogen and oxygen atoms in total. The van der Waals surface area contributed by atoms with Gasteiger partial charge < -0.3 is 20.1 Å². The van der Waals surface area contributed by atoms with Crippen molar-refractivity contribution in [1.82, 2.24) is 5.32 Å². The number of ether oxygens (including phenoxy) is 2. The Kier molecular flexibility index (Phi) is 7.69. The third kappa shape index (κ3) is 5.17. The molecular weight excluding hydrogens is 340 g/mol. The maximum absolute atomic E-state index is 12.6. The lowest BCUT2D eigenvalue weighted by atomic mass is 9.91. The van der Waals surface area contributed by atoms with E-state index in [0.717, 1.165) is 24.3 Å². The number of carbonyl (C=O) groups is 1. The summed E-state index contributed by atoms with van der Waals surface area (Å²) in [4.78, 5) is 12.6. The summed E-state index contributed by atoms with van der Waals surface area (Å²) in [5.74, 6) is -0.0542. The first kappa shape index (κ1) is 20.2. The van der Waals surface area contributed by atoms with Gasteiger partial charge in [0.25, 0.3) is 5.91 Å². The second-order valence-corrected chi connectivity index (χ2v) is 6.82. The number of nitrogens with one attached hydrogen (secondary N) is 2. The molecule has 1 aliphatic heterocycles. The Hall–Kier alpha value is -1.14. The summed E-state index contributed by atoms with van der Waals surface area (Å²) in [6, 6.07) is 7.92. The zero-order valence-corrected chi connectivity index (χ0v) is 15.7. The normalized spacial score (nSPS) is 20.0. The van der Waals surface area contributed by atoms with E-state index in [1.54, 1.807) is 7.11 Å². The zero-order valence-electron chi connectivity index (χ0n) is 14.9. The quantitative estimate of drug-likeness (QED) is 0.809. The van der Waals surface area contributed by atoms with Gasteiger partial charge in [0, 0.05) is 12.8 Å². The van der Waals surface area contributed by atoms with Crippen LogP contribution >= 0.6 is 12.4 Å². The number of anilines is 1. The molecule has 0 bridgehead atoms. The number of hydrogen-bond donors (Lipinski definition) is 2. The minimum absolute atomic E-state index is 0. The van der Waals surface area contributed by atoms with Crippen LogP contribution in [0.5, 0.6) is 0 Å². The molecule has 0 spiro atoms. The van der Waals surface area contributed by atoms with Gasteiger partial charge in [-0.2, -0.15) is 0 Å². The molecule has 3 rings (SSSR count). The van der Waals surface area contributed by atoms with E-state index >= 15 is 0 Å². The highest BCUT2D eigenvalue weighted by Gasteiger charge is 2.39. The highest BCUT2D eigenvalue weighted by atomic mass is 35.5. The van der Waals surface area contributed by atoms with E-state index in [0.29, 0.717) is 25.6 Å². The number of carbonyl (C=O) groups excluding carboxylic acids is 1. The average molecular weight is 369 g/mol. The lowest BCUT2D eigenvalue weighted by Gasteiger charge is -2.34. The van der Waals surface area contributed by atoms with Gasteiger partial charge in [0.1, 0.15) is 5.60 Å². The first-order valence-electron chi connectivity index (χ1n) is 9.00. The molecule has 1 heterocycles. The van der Waals surface area contributed by atoms with Crippen molar-refractivity contribution in [2.45, 2.75) is 56.8 Å². The minimum atomic E-state index is -0.713. The highest BCUT2D eigenvalue weighted by Crippen LogP contribution is 2.25. The van der Waals surface area contributed by atoms with Crippen molar-refractivity contribution in [1.29, 1.82) is 0 Å². The van der Waals surface area contributed by atoms with Crippen LogP contribution in [0.4, 0.5) is 5.69 Å². The zero-order chi connectivity index (χ0) is 16.8. The molecule has 140 valence electrons. The van der Waals surface area contributed by atoms with Gasteiger partial charge in [-0.05, 0) is 56.5 Å². The van der Waals surface area contributed by atoms with Crippen LogP contribution in [0.1, 0.15) is 44.1 Å². The number of rotatable bonds is 6. The molecule has 1 saturated carbocycles. The fourth-order valence-electron chi connectivity index (χ4n) is 3.55. The summed E-state index contributed by atoms with van der Waals surface area (Å²) in [7, 11) is 1.62. The second kappa shape index (κ2) is 9.53. The summed E-state index contributed by atoms with van der Waals surface area (Å²) >= 11 is 0. The Morgan fingerprint density at radius 2 is 1.84 bits per heavy atom. The molecule has 2 aliphatic rings. The molecule has 1 aromatic rings. The van der Waals surface area contributed by atoms with Crippen molar-refractivity contribution in [3.63, 3.8) is 0 Å². The van der Waals surface area contributed by atoms with E-state index in [-0.39, 0.29) is 18.3 Å². The fourth-order valence-corrected chi connectivity index (χ4v) is 3.55. The van der Waals surface area contributed by atoms with Gasteiger partial charge in [0.05, 0.1) is 12.7 Å². The Balaban J connectivity index is 0.00000225. The number of amides is 1. The predicted octanol–water partition coefficient (Wildman–Crippen LogP) is 3.27. The van der Waals surface area contributed by atoms with Crippen LogP contribution < -0.4 is 10.6 Å². The Morgan fingerprint density at radius 3 is 2.44 bits per heavy atom. The summed E-state index contributed by atoms with van der Waals surface area (Å²) in [6.07, 6.45) is 6.75. The Bertz CT molecular complexity index is 538. The molecule has 1 saturated heterocycles. The largest absolute Gasteiger partial charge is 0.374 e. The molecule has 6 heteroatoms. The molecule has 1 aromatic carbocycles. The molecule has 0 atom stereocenters. The summed E-state index contributed by atoms with van der Waals surface area (Å²) in [6.45, 7) is 2.25. The predicted molar refractivity (Wildman–Crippen MR) is 101 cm³/mol. The Morgan fingerprint density at radius 1 is 1.20 bits per heavy atom. The summed E-state index contributed by atoms with van der Waals surface area (Å²) < 4.78 is 11.5. The molecule has 2 fully saturated rings. The van der Waals surface area contributed by atoms with Crippen LogP contribution in [-0.2, 0) is 20.9 Å². The lowest BCUT2D eigenvalue weighted by molar-refractivity contribution is -0.140. The molecule has 1 amide bonds. The van der Waals surface area contributed by atoms with Crippen LogP contribution in [0.25, 0.3) is 0 Å².